The molecule has 1 aliphatic heterocycles. The number of sulfone groups is 1. The summed E-state index contributed by atoms with van der Waals surface area (Å²) in [4.78, 5) is 121. The molecule has 72 heavy (non-hydrogen) atoms. The number of carbonyl (C=O) groups is 8. The van der Waals surface area contributed by atoms with E-state index >= 15 is 0 Å². The van der Waals surface area contributed by atoms with Crippen LogP contribution in [0.15, 0.2) is 60.7 Å². The molecule has 2 aromatic rings. The molecule has 0 N–H and O–H groups in total. The first kappa shape index (κ1) is 60.5. The molecule has 1 heterocycles. The Morgan fingerprint density at radius 2 is 0.694 bits per heavy atom. The van der Waals surface area contributed by atoms with E-state index in [1.54, 1.807) is 116 Å². The van der Waals surface area contributed by atoms with Gasteiger partial charge in [-0.2, -0.15) is 0 Å². The zero-order valence-corrected chi connectivity index (χ0v) is 45.5. The average Bonchev–Trinajstić information content (AvgIpc) is 3.31. The molecule has 0 aromatic heterocycles. The number of likely N-dealkylation sites (N-methyl/N-ethyl adjacent to an activating group) is 4. The van der Waals surface area contributed by atoms with E-state index in [4.69, 9.17) is 18.9 Å². The number of hydrogen-bond donors (Lipinski definition) is 0. The quantitative estimate of drug-likeness (QED) is 0.199. The highest BCUT2D eigenvalue weighted by atomic mass is 32.2. The first-order valence-corrected chi connectivity index (χ1v) is 26.7. The first-order chi connectivity index (χ1) is 33.5. The zero-order chi connectivity index (χ0) is 54.5. The summed E-state index contributed by atoms with van der Waals surface area (Å²) in [6, 6.07) is 11.8. The lowest BCUT2D eigenvalue weighted by Gasteiger charge is -2.37. The van der Waals surface area contributed by atoms with Crippen molar-refractivity contribution in [2.24, 2.45) is 29.6 Å². The lowest BCUT2D eigenvalue weighted by atomic mass is 9.99. The Bertz CT molecular complexity index is 2310. The minimum Gasteiger partial charge on any atom is -0.450 e. The topological polar surface area (TPSA) is 221 Å². The second-order valence-corrected chi connectivity index (χ2v) is 23.0. The predicted octanol–water partition coefficient (Wildman–Crippen LogP) is 4.55. The highest BCUT2D eigenvalue weighted by Gasteiger charge is 2.45. The van der Waals surface area contributed by atoms with Gasteiger partial charge in [0.2, 0.25) is 0 Å². The molecule has 8 atom stereocenters. The van der Waals surface area contributed by atoms with Crippen LogP contribution in [0.25, 0.3) is 0 Å². The lowest BCUT2D eigenvalue weighted by Crippen LogP contribution is -2.56. The summed E-state index contributed by atoms with van der Waals surface area (Å²) in [6.07, 6.45) is -5.83. The van der Waals surface area contributed by atoms with E-state index < -0.39 is 142 Å². The Morgan fingerprint density at radius 3 is 0.972 bits per heavy atom. The van der Waals surface area contributed by atoms with E-state index in [0.29, 0.717) is 11.1 Å². The Labute approximate surface area is 426 Å². The summed E-state index contributed by atoms with van der Waals surface area (Å²) >= 11 is 0. The van der Waals surface area contributed by atoms with Gasteiger partial charge in [0, 0.05) is 47.3 Å². The van der Waals surface area contributed by atoms with Crippen molar-refractivity contribution in [2.75, 3.05) is 40.2 Å². The summed E-state index contributed by atoms with van der Waals surface area (Å²) < 4.78 is 49.1. The van der Waals surface area contributed by atoms with Crippen molar-refractivity contribution in [1.82, 2.24) is 19.6 Å². The fraction of sp³-hybridized carbons (Fsp3) is 0.623. The molecule has 18 nitrogen and oxygen atoms in total. The van der Waals surface area contributed by atoms with E-state index in [-0.39, 0.29) is 25.2 Å². The molecule has 0 spiro atoms. The Balaban J connectivity index is 2.35. The van der Waals surface area contributed by atoms with Crippen molar-refractivity contribution in [3.8, 4) is 0 Å². The molecule has 400 valence electrons. The minimum absolute atomic E-state index is 0.0481. The van der Waals surface area contributed by atoms with Gasteiger partial charge in [0.15, 0.2) is 24.4 Å². The van der Waals surface area contributed by atoms with E-state index in [0.717, 1.165) is 25.9 Å². The molecule has 0 bridgehead atoms. The highest BCUT2D eigenvalue weighted by molar-refractivity contribution is 7.90. The SMILES string of the molecule is CC(C)CC1C(=O)OC(C(C)C)C(=O)N(C)C(CCS(C)(=O)=O)C(=O)OC(C(C)C)C(=O)N(C)C(Cc2ccccc2)C(=O)OC(C(C)C)C(=O)N(C)C(Cc2ccccc2)C(=O)OC(C(C)C)C(=O)N1C. The molecule has 4 amide bonds. The van der Waals surface area contributed by atoms with Crippen LogP contribution >= 0.6 is 0 Å². The summed E-state index contributed by atoms with van der Waals surface area (Å²) in [7, 11) is 1.52. The third-order valence-electron chi connectivity index (χ3n) is 12.7. The van der Waals surface area contributed by atoms with Crippen molar-refractivity contribution in [2.45, 2.75) is 144 Å². The molecule has 3 rings (SSSR count). The summed E-state index contributed by atoms with van der Waals surface area (Å²) in [5.41, 5.74) is 1.25. The van der Waals surface area contributed by atoms with Crippen molar-refractivity contribution in [3.05, 3.63) is 71.8 Å². The third kappa shape index (κ3) is 16.6. The molecular weight excluding hydrogens is 949 g/mol. The second kappa shape index (κ2) is 26.7. The van der Waals surface area contributed by atoms with Crippen LogP contribution in [0.1, 0.15) is 93.2 Å². The standard InChI is InChI=1S/C53H78N4O14S/c1-31(2)28-39-51(63)69-42(32(3)4)46(58)54(11)38(26-27-72(15,66)67)50(62)68-43(33(5)6)48(60)56(13)40(29-36-22-18-16-19-23-36)53(65)71-45(35(9)10)49(61)57(14)41(30-37-24-20-17-21-25-37)52(64)70-44(34(7)8)47(59)55(39)12/h16-25,31-35,38-45H,26-30H2,1-15H3. The normalized spacial score (nSPS) is 24.8. The zero-order valence-electron chi connectivity index (χ0n) is 44.7. The maximum absolute atomic E-state index is 14.8. The fourth-order valence-electron chi connectivity index (χ4n) is 8.20. The van der Waals surface area contributed by atoms with Crippen LogP contribution in [0.3, 0.4) is 0 Å². The van der Waals surface area contributed by atoms with E-state index in [2.05, 4.69) is 0 Å². The monoisotopic (exact) mass is 1030 g/mol. The van der Waals surface area contributed by atoms with Crippen molar-refractivity contribution in [3.63, 3.8) is 0 Å². The van der Waals surface area contributed by atoms with Crippen molar-refractivity contribution >= 4 is 57.3 Å². The second-order valence-electron chi connectivity index (χ2n) is 20.7. The smallest absolute Gasteiger partial charge is 0.329 e. The lowest BCUT2D eigenvalue weighted by molar-refractivity contribution is -0.179. The molecule has 19 heteroatoms. The number of hydrogen-bond acceptors (Lipinski definition) is 14. The van der Waals surface area contributed by atoms with Crippen molar-refractivity contribution < 1.29 is 65.7 Å². The molecule has 0 aliphatic carbocycles. The minimum atomic E-state index is -3.75. The Kier molecular flexibility index (Phi) is 22.4. The van der Waals surface area contributed by atoms with E-state index in [1.807, 2.05) is 13.8 Å². The maximum atomic E-state index is 14.8. The number of carbonyl (C=O) groups excluding carboxylic acids is 8. The van der Waals surface area contributed by atoms with Gasteiger partial charge in [-0.05, 0) is 53.6 Å². The van der Waals surface area contributed by atoms with Gasteiger partial charge >= 0.3 is 23.9 Å². The van der Waals surface area contributed by atoms with Crippen LogP contribution in [0.5, 0.6) is 0 Å². The number of benzene rings is 2. The van der Waals surface area contributed by atoms with Crippen LogP contribution in [0, 0.1) is 29.6 Å². The van der Waals surface area contributed by atoms with E-state index in [1.165, 1.54) is 28.2 Å². The molecule has 8 unspecified atom stereocenters. The summed E-state index contributed by atoms with van der Waals surface area (Å²) in [5.74, 6) is -11.0. The first-order valence-electron chi connectivity index (χ1n) is 24.6. The molecule has 2 aromatic carbocycles. The molecule has 1 aliphatic rings. The average molecular weight is 1030 g/mol. The maximum Gasteiger partial charge on any atom is 0.329 e. The Hall–Kier alpha value is -5.85. The van der Waals surface area contributed by atoms with Crippen LogP contribution in [-0.4, -0.2) is 164 Å². The number of esters is 4. The molecule has 1 saturated heterocycles. The number of ether oxygens (including phenoxy) is 4. The van der Waals surface area contributed by atoms with Crippen LogP contribution in [-0.2, 0) is 80.0 Å². The van der Waals surface area contributed by atoms with Crippen LogP contribution in [0.4, 0.5) is 0 Å². The van der Waals surface area contributed by atoms with E-state index in [9.17, 15) is 46.8 Å². The molecular formula is C53H78N4O14S. The summed E-state index contributed by atoms with van der Waals surface area (Å²) in [5, 5.41) is 0. The number of cyclic esters (lactones) is 4. The van der Waals surface area contributed by atoms with Gasteiger partial charge in [-0.15, -0.1) is 0 Å². The number of nitrogens with zero attached hydrogens (tertiary/aromatic N) is 4. The van der Waals surface area contributed by atoms with Crippen molar-refractivity contribution in [1.29, 1.82) is 0 Å². The summed E-state index contributed by atoms with van der Waals surface area (Å²) in [6.45, 7) is 16.6. The van der Waals surface area contributed by atoms with Gasteiger partial charge < -0.3 is 38.5 Å². The van der Waals surface area contributed by atoms with Gasteiger partial charge in [0.1, 0.15) is 34.0 Å². The van der Waals surface area contributed by atoms with Crippen LogP contribution < -0.4 is 0 Å². The molecule has 0 saturated carbocycles. The van der Waals surface area contributed by atoms with Gasteiger partial charge in [0.25, 0.3) is 23.6 Å². The van der Waals surface area contributed by atoms with Gasteiger partial charge in [-0.1, -0.05) is 130 Å². The third-order valence-corrected chi connectivity index (χ3v) is 13.7. The molecule has 0 radical (unpaired) electrons. The molecule has 1 fully saturated rings. The van der Waals surface area contributed by atoms with Crippen LogP contribution in [0.2, 0.25) is 0 Å². The highest BCUT2D eigenvalue weighted by Crippen LogP contribution is 2.25. The fourth-order valence-corrected chi connectivity index (χ4v) is 8.86. The number of amides is 4. The predicted molar refractivity (Wildman–Crippen MR) is 269 cm³/mol. The van der Waals surface area contributed by atoms with Gasteiger partial charge in [-0.3, -0.25) is 19.2 Å². The van der Waals surface area contributed by atoms with Gasteiger partial charge in [-0.25, -0.2) is 27.6 Å². The van der Waals surface area contributed by atoms with Gasteiger partial charge in [0.05, 0.1) is 5.75 Å². The number of rotatable bonds is 13. The Morgan fingerprint density at radius 1 is 0.431 bits per heavy atom. The largest absolute Gasteiger partial charge is 0.450 e.